The Morgan fingerprint density at radius 1 is 0.818 bits per heavy atom. The van der Waals surface area contributed by atoms with E-state index >= 15 is 0 Å². The van der Waals surface area contributed by atoms with E-state index in [4.69, 9.17) is 27.9 Å². The van der Waals surface area contributed by atoms with Crippen LogP contribution in [-0.2, 0) is 36.5 Å². The summed E-state index contributed by atoms with van der Waals surface area (Å²) in [5.74, 6) is -1.85. The Morgan fingerprint density at radius 3 is 1.79 bits per heavy atom. The fraction of sp³-hybridized carbons (Fsp3) is 0.195. The molecule has 2 aliphatic heterocycles. The summed E-state index contributed by atoms with van der Waals surface area (Å²) in [5.41, 5.74) is 6.39. The fourth-order valence-corrected chi connectivity index (χ4v) is 8.08. The third-order valence-corrected chi connectivity index (χ3v) is 12.3. The number of rotatable bonds is 7. The minimum Gasteiger partial charge on any atom is -0.506 e. The molecule has 2 aliphatic carbocycles. The van der Waals surface area contributed by atoms with Gasteiger partial charge in [0.25, 0.3) is 0 Å². The van der Waals surface area contributed by atoms with Crippen LogP contribution >= 0.6 is 61.8 Å². The van der Waals surface area contributed by atoms with Crippen LogP contribution in [0, 0.1) is 20.2 Å². The Morgan fingerprint density at radius 2 is 1.32 bits per heavy atom. The van der Waals surface area contributed by atoms with Crippen molar-refractivity contribution in [1.29, 1.82) is 0 Å². The third kappa shape index (κ3) is 12.7. The van der Waals surface area contributed by atoms with Gasteiger partial charge in [-0.2, -0.15) is 4.58 Å². The molecule has 0 amide bonds. The molecule has 0 bridgehead atoms. The monoisotopic (exact) mass is 1080 g/mol. The van der Waals surface area contributed by atoms with Gasteiger partial charge in [0, 0.05) is 91.9 Å². The van der Waals surface area contributed by atoms with Crippen LogP contribution in [0.5, 0.6) is 0 Å². The van der Waals surface area contributed by atoms with Crippen molar-refractivity contribution in [2.24, 2.45) is 20.4 Å². The zero-order valence-electron chi connectivity index (χ0n) is 34.5. The number of halogens is 3. The summed E-state index contributed by atoms with van der Waals surface area (Å²) in [5, 5.41) is 53.7. The number of nitro groups is 2. The van der Waals surface area contributed by atoms with Gasteiger partial charge >= 0.3 is 10.0 Å². The molecule has 1 radical (unpaired) electrons. The van der Waals surface area contributed by atoms with Crippen molar-refractivity contribution in [1.82, 2.24) is 9.97 Å². The predicted octanol–water partition coefficient (Wildman–Crippen LogP) is 7.04. The van der Waals surface area contributed by atoms with E-state index in [-0.39, 0.29) is 74.8 Å². The molecule has 1 saturated heterocycles. The van der Waals surface area contributed by atoms with E-state index in [2.05, 4.69) is 131 Å². The quantitative estimate of drug-likeness (QED) is 0.0818. The molecular formula is C41H34BrCl2CoN10O9S2-. The molecule has 1 fully saturated rings. The van der Waals surface area contributed by atoms with E-state index in [1.807, 2.05) is 0 Å². The number of ether oxygens (including phenoxy) is 1. The zero-order valence-corrected chi connectivity index (χ0v) is 40.3. The van der Waals surface area contributed by atoms with E-state index in [0.717, 1.165) is 90.1 Å². The molecule has 2 aromatic heterocycles. The number of anilines is 1. The van der Waals surface area contributed by atoms with Gasteiger partial charge in [-0.15, -0.1) is 0 Å². The summed E-state index contributed by atoms with van der Waals surface area (Å²) in [6.45, 7) is 8.17. The van der Waals surface area contributed by atoms with Crippen LogP contribution < -0.4 is 24.5 Å². The van der Waals surface area contributed by atoms with Crippen LogP contribution in [0.3, 0.4) is 0 Å². The molecule has 8 rings (SSSR count). The molecule has 2 N–H and O–H groups in total. The number of carbonyl (C=O) groups is 2. The molecule has 4 aliphatic rings. The molecule has 0 spiro atoms. The summed E-state index contributed by atoms with van der Waals surface area (Å²) in [6.07, 6.45) is 10.7. The fourth-order valence-electron chi connectivity index (χ4n) is 6.29. The van der Waals surface area contributed by atoms with Crippen molar-refractivity contribution in [2.75, 3.05) is 38.3 Å². The van der Waals surface area contributed by atoms with Crippen molar-refractivity contribution >= 4 is 118 Å². The first-order valence-electron chi connectivity index (χ1n) is 18.9. The Hall–Kier alpha value is -5.92. The van der Waals surface area contributed by atoms with E-state index in [9.17, 15) is 40.0 Å². The number of fused-ring (bicyclic) bond motifs is 1. The number of hydrogen-bond donors (Lipinski definition) is 2. The van der Waals surface area contributed by atoms with Crippen LogP contribution in [0.2, 0.25) is 0 Å². The smallest absolute Gasteiger partial charge is 0.319 e. The zero-order chi connectivity index (χ0) is 47.0. The Bertz CT molecular complexity index is 2850. The van der Waals surface area contributed by atoms with Crippen LogP contribution in [0.4, 0.5) is 21.4 Å². The molecule has 4 heterocycles. The Kier molecular flexibility index (Phi) is 17.4. The van der Waals surface area contributed by atoms with Crippen molar-refractivity contribution in [3.63, 3.8) is 0 Å². The third-order valence-electron chi connectivity index (χ3n) is 9.57. The molecule has 25 heteroatoms. The van der Waals surface area contributed by atoms with E-state index in [1.54, 1.807) is 0 Å². The number of aliphatic hydroxyl groups excluding tert-OH is 2. The van der Waals surface area contributed by atoms with Crippen LogP contribution in [0.1, 0.15) is 25.0 Å². The topological polar surface area (TPSA) is 254 Å². The number of carbonyl (C=O) groups excluding carboxylic acids is 2. The number of morpholine rings is 1. The van der Waals surface area contributed by atoms with Gasteiger partial charge in [0.05, 0.1) is 38.5 Å². The van der Waals surface area contributed by atoms with Gasteiger partial charge in [0.2, 0.25) is 17.3 Å². The van der Waals surface area contributed by atoms with Crippen molar-refractivity contribution in [3.8, 4) is 0 Å². The molecule has 0 unspecified atom stereocenters. The summed E-state index contributed by atoms with van der Waals surface area (Å²) in [4.78, 5) is 51.7. The number of aliphatic hydroxyl groups is 2. The van der Waals surface area contributed by atoms with Gasteiger partial charge in [0.1, 0.15) is 30.0 Å². The predicted molar refractivity (Wildman–Crippen MR) is 250 cm³/mol. The van der Waals surface area contributed by atoms with Crippen LogP contribution in [0.15, 0.2) is 132 Å². The minimum atomic E-state index is -0.600. The van der Waals surface area contributed by atoms with Gasteiger partial charge in [-0.3, -0.25) is 40.0 Å². The first-order valence-corrected chi connectivity index (χ1v) is 22.0. The molecule has 4 aromatic rings. The molecule has 0 saturated carbocycles. The van der Waals surface area contributed by atoms with Gasteiger partial charge in [-0.05, 0) is 61.9 Å². The van der Waals surface area contributed by atoms with Crippen molar-refractivity contribution in [3.05, 3.63) is 152 Å². The first-order chi connectivity index (χ1) is 30.9. The van der Waals surface area contributed by atoms with E-state index < -0.39 is 21.4 Å². The molecule has 19 nitrogen and oxygen atoms in total. The minimum absolute atomic E-state index is 0. The number of hydrogen-bond acceptors (Lipinski definition) is 16. The number of aromatic nitrogens is 2. The Balaban J connectivity index is 0.000000189. The maximum absolute atomic E-state index is 11.1. The number of ketones is 2. The summed E-state index contributed by atoms with van der Waals surface area (Å²) >= 11 is 16.2. The molecule has 66 heavy (non-hydrogen) atoms. The molecular weight excluding hydrogens is 1050 g/mol. The van der Waals surface area contributed by atoms with Crippen LogP contribution in [0.25, 0.3) is 6.08 Å². The summed E-state index contributed by atoms with van der Waals surface area (Å²) in [6, 6.07) is 15.4. The molecule has 345 valence electrons. The second-order valence-electron chi connectivity index (χ2n) is 14.2. The Labute approximate surface area is 411 Å². The van der Waals surface area contributed by atoms with Crippen molar-refractivity contribution < 1.29 is 55.7 Å². The van der Waals surface area contributed by atoms with Gasteiger partial charge in [0.15, 0.2) is 5.71 Å². The maximum atomic E-state index is 11.1. The number of thiazole rings is 2. The first kappa shape index (κ1) is 51.1. The number of allylic oxidation sites excluding steroid dienone is 7. The standard InChI is InChI=1S/C23H26BrN2O.2C9H5ClN4O4S.Co/c1-23(2)20-16-18(24)7-10-21(20)25(3)22(23)11-6-17-4-8-19(9-5-17)26-12-14-27-15-13-26;2*10-4-1-5(7(16)2-6(4)15)12-13-9-11-3-8(19-9)14(17)18;/h4-11,16H,12-15H2,1-3H3;2*1-3H,(H2,11,13,15,16);/q+1;;;/p-2. The van der Waals surface area contributed by atoms with Crippen molar-refractivity contribution in [2.45, 2.75) is 19.3 Å². The summed E-state index contributed by atoms with van der Waals surface area (Å²) < 4.78 is 8.88. The van der Waals surface area contributed by atoms with Gasteiger partial charge in [-0.25, -0.2) is 0 Å². The average Bonchev–Trinajstić information content (AvgIpc) is 4.01. The maximum Gasteiger partial charge on any atom is 0.319 e. The van der Waals surface area contributed by atoms with Crippen LogP contribution in [-0.4, -0.2) is 86.7 Å². The van der Waals surface area contributed by atoms with E-state index in [0.29, 0.717) is 0 Å². The van der Waals surface area contributed by atoms with Gasteiger partial charge in [-0.1, -0.05) is 73.9 Å². The second kappa shape index (κ2) is 22.5. The molecule has 2 aromatic carbocycles. The number of nitrogens with zero attached hydrogens (tertiary/aromatic N) is 10. The summed E-state index contributed by atoms with van der Waals surface area (Å²) in [7, 11) is 2.16. The average molecular weight is 1080 g/mol. The van der Waals surface area contributed by atoms with Gasteiger partial charge < -0.3 is 40.0 Å². The SMILES string of the molecule is C[N+]1=C(/C=C/c2ccc(N3CCOCC3)cc2)C(C)(C)c2cc(Br)ccc21.O=C1C=C(O)C(=NN=c2[n-]cc([N+](=O)[O-])s2)C=C1Cl.O=C1C=C(O)C(=NN=c2[n-]cc([N+](=O)[O-])s2)C=C1Cl.[Co]. The largest absolute Gasteiger partial charge is 0.506 e. The van der Waals surface area contributed by atoms with E-state index in [1.165, 1.54) is 28.2 Å². The second-order valence-corrected chi connectivity index (χ2v) is 17.9. The normalized spacial score (nSPS) is 18.4. The number of benzene rings is 2. The molecule has 0 atom stereocenters.